The predicted molar refractivity (Wildman–Crippen MR) is 88.8 cm³/mol. The molecule has 2 aromatic carbocycles. The Hall–Kier alpha value is -2.07. The highest BCUT2D eigenvalue weighted by Gasteiger charge is 2.14. The quantitative estimate of drug-likeness (QED) is 0.788. The van der Waals surface area contributed by atoms with E-state index in [1.807, 2.05) is 31.2 Å². The molecule has 0 radical (unpaired) electrons. The van der Waals surface area contributed by atoms with Gasteiger partial charge in [0.25, 0.3) is 0 Å². The summed E-state index contributed by atoms with van der Waals surface area (Å²) in [5, 5.41) is 0. The van der Waals surface area contributed by atoms with Crippen LogP contribution in [0.1, 0.15) is 18.4 Å². The summed E-state index contributed by atoms with van der Waals surface area (Å²) in [4.78, 5) is 2.36. The molecule has 2 aromatic rings. The van der Waals surface area contributed by atoms with Crippen molar-refractivity contribution in [3.8, 4) is 17.2 Å². The van der Waals surface area contributed by atoms with Gasteiger partial charge in [0, 0.05) is 6.54 Å². The number of hydrogen-bond donors (Lipinski definition) is 0. The predicted octanol–water partition coefficient (Wildman–Crippen LogP) is 4.40. The number of benzene rings is 2. The number of likely N-dealkylation sites (tertiary alicyclic amines) is 1. The fraction of sp³-hybridized carbons (Fsp3) is 0.368. The maximum Gasteiger partial charge on any atom is 0.204 e. The van der Waals surface area contributed by atoms with Crippen molar-refractivity contribution in [2.45, 2.75) is 19.8 Å². The fourth-order valence-corrected chi connectivity index (χ4v) is 2.72. The van der Waals surface area contributed by atoms with Crippen LogP contribution in [0.15, 0.2) is 42.5 Å². The lowest BCUT2D eigenvalue weighted by atomic mass is 10.2. The van der Waals surface area contributed by atoms with E-state index in [1.165, 1.54) is 18.9 Å². The molecular weight excluding hydrogens is 293 g/mol. The van der Waals surface area contributed by atoms with E-state index in [2.05, 4.69) is 4.90 Å². The molecule has 1 aliphatic rings. The van der Waals surface area contributed by atoms with Crippen LogP contribution in [-0.4, -0.2) is 31.1 Å². The summed E-state index contributed by atoms with van der Waals surface area (Å²) in [6.07, 6.45) is 2.50. The molecule has 0 N–H and O–H groups in total. The first-order chi connectivity index (χ1) is 11.2. The summed E-state index contributed by atoms with van der Waals surface area (Å²) in [6.45, 7) is 5.65. The molecule has 0 unspecified atom stereocenters. The van der Waals surface area contributed by atoms with Gasteiger partial charge >= 0.3 is 0 Å². The van der Waals surface area contributed by atoms with Crippen molar-refractivity contribution in [3.63, 3.8) is 0 Å². The van der Waals surface area contributed by atoms with Gasteiger partial charge in [-0.15, -0.1) is 0 Å². The Balaban J connectivity index is 1.67. The van der Waals surface area contributed by atoms with Crippen LogP contribution in [0.5, 0.6) is 17.2 Å². The van der Waals surface area contributed by atoms with E-state index in [-0.39, 0.29) is 5.75 Å². The van der Waals surface area contributed by atoms with Crippen molar-refractivity contribution in [1.29, 1.82) is 0 Å². The number of rotatable bonds is 6. The maximum absolute atomic E-state index is 14.1. The molecule has 1 heterocycles. The van der Waals surface area contributed by atoms with E-state index >= 15 is 0 Å². The average Bonchev–Trinajstić information content (AvgIpc) is 3.06. The van der Waals surface area contributed by atoms with Gasteiger partial charge in [-0.25, -0.2) is 4.39 Å². The lowest BCUT2D eigenvalue weighted by Crippen LogP contribution is -2.25. The first kappa shape index (κ1) is 15.8. The molecule has 0 aliphatic carbocycles. The van der Waals surface area contributed by atoms with Crippen LogP contribution in [0.3, 0.4) is 0 Å². The van der Waals surface area contributed by atoms with Gasteiger partial charge < -0.3 is 9.47 Å². The molecule has 0 atom stereocenters. The molecule has 1 saturated heterocycles. The van der Waals surface area contributed by atoms with Crippen molar-refractivity contribution in [3.05, 3.63) is 53.8 Å². The van der Waals surface area contributed by atoms with Crippen LogP contribution in [-0.2, 0) is 0 Å². The molecule has 23 heavy (non-hydrogen) atoms. The molecule has 0 amide bonds. The molecule has 0 bridgehead atoms. The van der Waals surface area contributed by atoms with Gasteiger partial charge in [0.15, 0.2) is 11.6 Å². The topological polar surface area (TPSA) is 21.7 Å². The highest BCUT2D eigenvalue weighted by molar-refractivity contribution is 5.44. The van der Waals surface area contributed by atoms with Gasteiger partial charge in [0.2, 0.25) is 5.75 Å². The minimum absolute atomic E-state index is 0.151. The first-order valence-electron chi connectivity index (χ1n) is 8.10. The molecule has 1 aliphatic heterocycles. The second-order valence-electron chi connectivity index (χ2n) is 5.88. The molecule has 4 heteroatoms. The Morgan fingerprint density at radius 2 is 1.78 bits per heavy atom. The lowest BCUT2D eigenvalue weighted by molar-refractivity contribution is 0.231. The molecule has 0 spiro atoms. The minimum atomic E-state index is -0.413. The van der Waals surface area contributed by atoms with E-state index in [0.29, 0.717) is 18.1 Å². The summed E-state index contributed by atoms with van der Waals surface area (Å²) >= 11 is 0. The molecule has 0 aromatic heterocycles. The van der Waals surface area contributed by atoms with E-state index in [0.717, 1.165) is 25.2 Å². The van der Waals surface area contributed by atoms with Gasteiger partial charge in [-0.2, -0.15) is 0 Å². The SMILES string of the molecule is Cc1ccc(Oc2c(F)cccc2OCCN2CCCC2)cc1. The second-order valence-corrected chi connectivity index (χ2v) is 5.88. The van der Waals surface area contributed by atoms with Crippen LogP contribution in [0, 0.1) is 12.7 Å². The van der Waals surface area contributed by atoms with Gasteiger partial charge in [0.1, 0.15) is 12.4 Å². The third-order valence-electron chi connectivity index (χ3n) is 4.04. The van der Waals surface area contributed by atoms with Gasteiger partial charge in [-0.1, -0.05) is 23.8 Å². The first-order valence-corrected chi connectivity index (χ1v) is 8.10. The zero-order chi connectivity index (χ0) is 16.1. The van der Waals surface area contributed by atoms with E-state index < -0.39 is 5.82 Å². The standard InChI is InChI=1S/C19H22FNO2/c1-15-7-9-16(10-8-15)23-19-17(20)5-4-6-18(19)22-14-13-21-11-2-3-12-21/h4-10H,2-3,11-14H2,1H3. The fourth-order valence-electron chi connectivity index (χ4n) is 2.72. The number of halogens is 1. The summed E-state index contributed by atoms with van der Waals surface area (Å²) in [5.74, 6) is 0.789. The van der Waals surface area contributed by atoms with Crippen molar-refractivity contribution in [2.75, 3.05) is 26.2 Å². The van der Waals surface area contributed by atoms with Gasteiger partial charge in [-0.05, 0) is 57.1 Å². The smallest absolute Gasteiger partial charge is 0.204 e. The second kappa shape index (κ2) is 7.47. The number of ether oxygens (including phenoxy) is 2. The largest absolute Gasteiger partial charge is 0.488 e. The monoisotopic (exact) mass is 315 g/mol. The number of nitrogens with zero attached hydrogens (tertiary/aromatic N) is 1. The zero-order valence-electron chi connectivity index (χ0n) is 13.4. The lowest BCUT2D eigenvalue weighted by Gasteiger charge is -2.17. The molecule has 1 fully saturated rings. The summed E-state index contributed by atoms with van der Waals surface area (Å²) in [6, 6.07) is 12.3. The Kier molecular flexibility index (Phi) is 5.13. The van der Waals surface area contributed by atoms with Crippen LogP contribution < -0.4 is 9.47 Å². The van der Waals surface area contributed by atoms with E-state index in [9.17, 15) is 4.39 Å². The van der Waals surface area contributed by atoms with Gasteiger partial charge in [0.05, 0.1) is 0 Å². The van der Waals surface area contributed by atoms with Crippen LogP contribution in [0.25, 0.3) is 0 Å². The summed E-state index contributed by atoms with van der Waals surface area (Å²) in [5.41, 5.74) is 1.13. The molecule has 3 nitrogen and oxygen atoms in total. The van der Waals surface area contributed by atoms with Gasteiger partial charge in [-0.3, -0.25) is 4.90 Å². The van der Waals surface area contributed by atoms with Crippen molar-refractivity contribution in [2.24, 2.45) is 0 Å². The van der Waals surface area contributed by atoms with Crippen molar-refractivity contribution < 1.29 is 13.9 Å². The zero-order valence-corrected chi connectivity index (χ0v) is 13.4. The third kappa shape index (κ3) is 4.23. The number of aryl methyl sites for hydroxylation is 1. The molecular formula is C19H22FNO2. The highest BCUT2D eigenvalue weighted by Crippen LogP contribution is 2.34. The molecule has 3 rings (SSSR count). The summed E-state index contributed by atoms with van der Waals surface area (Å²) in [7, 11) is 0. The highest BCUT2D eigenvalue weighted by atomic mass is 19.1. The Labute approximate surface area is 136 Å². The Morgan fingerprint density at radius 3 is 2.52 bits per heavy atom. The van der Waals surface area contributed by atoms with Crippen molar-refractivity contribution in [1.82, 2.24) is 4.90 Å². The number of para-hydroxylation sites is 1. The normalized spacial score (nSPS) is 14.9. The Morgan fingerprint density at radius 1 is 1.04 bits per heavy atom. The van der Waals surface area contributed by atoms with E-state index in [1.54, 1.807) is 12.1 Å². The molecule has 0 saturated carbocycles. The minimum Gasteiger partial charge on any atom is -0.488 e. The van der Waals surface area contributed by atoms with Crippen LogP contribution in [0.2, 0.25) is 0 Å². The van der Waals surface area contributed by atoms with E-state index in [4.69, 9.17) is 9.47 Å². The number of hydrogen-bond acceptors (Lipinski definition) is 3. The van der Waals surface area contributed by atoms with Crippen LogP contribution in [0.4, 0.5) is 4.39 Å². The average molecular weight is 315 g/mol. The molecule has 122 valence electrons. The summed E-state index contributed by atoms with van der Waals surface area (Å²) < 4.78 is 25.6. The maximum atomic E-state index is 14.1. The van der Waals surface area contributed by atoms with Crippen molar-refractivity contribution >= 4 is 0 Å². The van der Waals surface area contributed by atoms with Crippen LogP contribution >= 0.6 is 0 Å². The Bertz CT molecular complexity index is 636. The third-order valence-corrected chi connectivity index (χ3v) is 4.04.